The number of nitrogens with one attached hydrogen (secondary N) is 1. The Hall–Kier alpha value is -2.88. The van der Waals surface area contributed by atoms with Crippen molar-refractivity contribution in [2.24, 2.45) is 11.3 Å². The fourth-order valence-corrected chi connectivity index (χ4v) is 8.19. The highest BCUT2D eigenvalue weighted by Gasteiger charge is 2.63. The number of benzene rings is 2. The van der Waals surface area contributed by atoms with Gasteiger partial charge in [0, 0.05) is 44.1 Å². The summed E-state index contributed by atoms with van der Waals surface area (Å²) in [5.74, 6) is 1.74. The highest BCUT2D eigenvalue weighted by atomic mass is 32.2. The number of carbonyl (C=O) groups is 1. The summed E-state index contributed by atoms with van der Waals surface area (Å²) >= 11 is 0. The summed E-state index contributed by atoms with van der Waals surface area (Å²) < 4.78 is 36.2. The van der Waals surface area contributed by atoms with E-state index >= 15 is 0 Å². The Bertz CT molecular complexity index is 1580. The van der Waals surface area contributed by atoms with Crippen molar-refractivity contribution in [2.75, 3.05) is 21.2 Å². The number of hydrogen-bond donors (Lipinski definition) is 1. The number of nitrogens with zero attached hydrogens (tertiary/aromatic N) is 2. The van der Waals surface area contributed by atoms with E-state index in [0.717, 1.165) is 28.5 Å². The predicted molar refractivity (Wildman–Crippen MR) is 160 cm³/mol. The van der Waals surface area contributed by atoms with Gasteiger partial charge >= 0.3 is 10.2 Å². The molecule has 2 aromatic carbocycles. The van der Waals surface area contributed by atoms with E-state index in [9.17, 15) is 13.2 Å². The molecule has 1 unspecified atom stereocenters. The molecule has 1 amide bonds. The van der Waals surface area contributed by atoms with Crippen molar-refractivity contribution in [3.8, 4) is 17.0 Å². The van der Waals surface area contributed by atoms with Crippen molar-refractivity contribution in [1.29, 1.82) is 0 Å². The number of ether oxygens (including phenoxy) is 1. The Kier molecular flexibility index (Phi) is 7.30. The average molecular weight is 570 g/mol. The summed E-state index contributed by atoms with van der Waals surface area (Å²) in [7, 11) is 0.660. The summed E-state index contributed by atoms with van der Waals surface area (Å²) in [5, 5.41) is 1.18. The van der Waals surface area contributed by atoms with E-state index in [0.29, 0.717) is 23.3 Å². The average Bonchev–Trinajstić information content (AvgIpc) is 3.43. The SMILES string of the molecule is CC[C@@]12Cn3c(c(C4CCCCC4)c4ccc(C(=O)NS(=O)(=O)N(C)C)cc43)-c3ccc(OC)cc3[C@@H]1C2C.O.[HH]. The van der Waals surface area contributed by atoms with Crippen LogP contribution in [-0.2, 0) is 16.8 Å². The summed E-state index contributed by atoms with van der Waals surface area (Å²) in [6.07, 6.45) is 7.14. The third kappa shape index (κ3) is 4.25. The maximum atomic E-state index is 13.1. The Balaban J connectivity index is 0.00000194. The highest BCUT2D eigenvalue weighted by molar-refractivity contribution is 7.87. The van der Waals surface area contributed by atoms with Gasteiger partial charge in [0.2, 0.25) is 0 Å². The first-order chi connectivity index (χ1) is 18.6. The molecular weight excluding hydrogens is 526 g/mol. The molecule has 1 aromatic heterocycles. The molecule has 8 nitrogen and oxygen atoms in total. The fraction of sp³-hybridized carbons (Fsp3) is 0.516. The van der Waals surface area contributed by atoms with Gasteiger partial charge in [-0.15, -0.1) is 0 Å². The minimum atomic E-state index is -3.89. The molecule has 3 N–H and O–H groups in total. The fourth-order valence-electron chi connectivity index (χ4n) is 7.65. The van der Waals surface area contributed by atoms with Gasteiger partial charge < -0.3 is 14.8 Å². The van der Waals surface area contributed by atoms with Gasteiger partial charge in [-0.2, -0.15) is 12.7 Å². The lowest BCUT2D eigenvalue weighted by molar-refractivity contribution is 0.0980. The zero-order valence-electron chi connectivity index (χ0n) is 24.1. The van der Waals surface area contributed by atoms with Crippen LogP contribution in [0, 0.1) is 11.3 Å². The van der Waals surface area contributed by atoms with Crippen LogP contribution in [-0.4, -0.2) is 49.9 Å². The molecule has 0 bridgehead atoms. The van der Waals surface area contributed by atoms with Crippen LogP contribution in [0.15, 0.2) is 36.4 Å². The zero-order chi connectivity index (χ0) is 27.7. The Morgan fingerprint density at radius 2 is 1.88 bits per heavy atom. The van der Waals surface area contributed by atoms with Gasteiger partial charge in [-0.25, -0.2) is 4.72 Å². The molecule has 218 valence electrons. The van der Waals surface area contributed by atoms with Crippen molar-refractivity contribution in [3.63, 3.8) is 0 Å². The first-order valence-corrected chi connectivity index (χ1v) is 15.7. The van der Waals surface area contributed by atoms with E-state index in [-0.39, 0.29) is 12.3 Å². The van der Waals surface area contributed by atoms with Crippen LogP contribution in [0.3, 0.4) is 0 Å². The number of amides is 1. The normalized spacial score (nSPS) is 23.9. The van der Waals surface area contributed by atoms with E-state index < -0.39 is 16.1 Å². The van der Waals surface area contributed by atoms with Crippen LogP contribution >= 0.6 is 0 Å². The van der Waals surface area contributed by atoms with E-state index in [1.54, 1.807) is 13.2 Å². The molecule has 9 heteroatoms. The number of methoxy groups -OCH3 is 1. The van der Waals surface area contributed by atoms with E-state index in [1.165, 1.54) is 74.0 Å². The van der Waals surface area contributed by atoms with Crippen molar-refractivity contribution in [1.82, 2.24) is 13.6 Å². The van der Waals surface area contributed by atoms with Crippen molar-refractivity contribution in [2.45, 2.75) is 70.8 Å². The first kappa shape index (κ1) is 28.6. The Morgan fingerprint density at radius 1 is 1.15 bits per heavy atom. The molecule has 2 aliphatic carbocycles. The van der Waals surface area contributed by atoms with Gasteiger partial charge in [0.15, 0.2) is 0 Å². The third-order valence-corrected chi connectivity index (χ3v) is 11.4. The molecule has 6 rings (SSSR count). The van der Waals surface area contributed by atoms with Crippen LogP contribution in [0.2, 0.25) is 0 Å². The molecule has 3 aliphatic rings. The molecule has 0 spiro atoms. The van der Waals surface area contributed by atoms with Crippen molar-refractivity contribution < 1.29 is 24.9 Å². The quantitative estimate of drug-likeness (QED) is 0.424. The maximum absolute atomic E-state index is 13.1. The van der Waals surface area contributed by atoms with E-state index in [1.807, 2.05) is 12.1 Å². The van der Waals surface area contributed by atoms with Gasteiger partial charge in [-0.05, 0) is 83.9 Å². The maximum Gasteiger partial charge on any atom is 0.303 e. The van der Waals surface area contributed by atoms with Crippen LogP contribution in [0.1, 0.15) is 87.1 Å². The second-order valence-electron chi connectivity index (χ2n) is 11.9. The lowest BCUT2D eigenvalue weighted by Gasteiger charge is -2.24. The summed E-state index contributed by atoms with van der Waals surface area (Å²) in [4.78, 5) is 13.1. The van der Waals surface area contributed by atoms with Gasteiger partial charge in [-0.3, -0.25) is 4.79 Å². The number of rotatable bonds is 6. The van der Waals surface area contributed by atoms with Crippen LogP contribution < -0.4 is 9.46 Å². The molecule has 3 aromatic rings. The van der Waals surface area contributed by atoms with Crippen molar-refractivity contribution >= 4 is 27.0 Å². The lowest BCUT2D eigenvalue weighted by atomic mass is 9.81. The third-order valence-electron chi connectivity index (χ3n) is 9.96. The molecule has 2 heterocycles. The molecule has 40 heavy (non-hydrogen) atoms. The van der Waals surface area contributed by atoms with Gasteiger partial charge in [0.25, 0.3) is 5.91 Å². The monoisotopic (exact) mass is 569 g/mol. The number of carbonyl (C=O) groups excluding carboxylic acids is 1. The van der Waals surface area contributed by atoms with Gasteiger partial charge in [0.1, 0.15) is 5.75 Å². The second kappa shape index (κ2) is 10.2. The molecule has 2 fully saturated rings. The van der Waals surface area contributed by atoms with Gasteiger partial charge in [0.05, 0.1) is 12.8 Å². The van der Waals surface area contributed by atoms with E-state index in [2.05, 4.69) is 41.3 Å². The Morgan fingerprint density at radius 3 is 2.52 bits per heavy atom. The topological polar surface area (TPSA) is 112 Å². The second-order valence-corrected chi connectivity index (χ2v) is 13.8. The summed E-state index contributed by atoms with van der Waals surface area (Å²) in [6.45, 7) is 5.53. The summed E-state index contributed by atoms with van der Waals surface area (Å²) in [5.41, 5.74) is 6.83. The molecule has 2 saturated carbocycles. The number of aromatic nitrogens is 1. The first-order valence-electron chi connectivity index (χ1n) is 14.2. The van der Waals surface area contributed by atoms with Crippen LogP contribution in [0.5, 0.6) is 5.75 Å². The minimum absolute atomic E-state index is 0. The van der Waals surface area contributed by atoms with Crippen LogP contribution in [0.4, 0.5) is 0 Å². The molecule has 0 saturated heterocycles. The smallest absolute Gasteiger partial charge is 0.303 e. The van der Waals surface area contributed by atoms with E-state index in [4.69, 9.17) is 4.74 Å². The zero-order valence-corrected chi connectivity index (χ0v) is 24.9. The summed E-state index contributed by atoms with van der Waals surface area (Å²) in [6, 6.07) is 12.3. The standard InChI is InChI=1S/C31H39N3O4S.H2O.H2/c1-6-31-18-34-26-16-21(30(35)32-39(36,37)33(3)4)12-14-24(26)27(20-10-8-7-9-11-20)29(34)23-15-13-22(38-5)17-25(23)28(31)19(31)2;;/h12-17,19-20,28H,6-11,18H2,1-5H3,(H,32,35);1H2;1H/t19?,28-,31-;;/m0../s1. The number of fused-ring (bicyclic) bond motifs is 7. The van der Waals surface area contributed by atoms with Crippen LogP contribution in [0.25, 0.3) is 22.2 Å². The number of hydrogen-bond acceptors (Lipinski definition) is 4. The largest absolute Gasteiger partial charge is 0.497 e. The lowest BCUT2D eigenvalue weighted by Crippen LogP contribution is -2.39. The highest BCUT2D eigenvalue weighted by Crippen LogP contribution is 2.71. The molecule has 0 radical (unpaired) electrons. The molecule has 1 aliphatic heterocycles. The molecule has 3 atom stereocenters. The van der Waals surface area contributed by atoms with Gasteiger partial charge in [-0.1, -0.05) is 39.2 Å². The Labute approximate surface area is 238 Å². The minimum Gasteiger partial charge on any atom is -0.497 e. The predicted octanol–water partition coefficient (Wildman–Crippen LogP) is 5.47. The molecular formula is C31H43N3O5S. The van der Waals surface area contributed by atoms with Crippen molar-refractivity contribution in [3.05, 3.63) is 53.1 Å².